The van der Waals surface area contributed by atoms with Gasteiger partial charge in [-0.2, -0.15) is 0 Å². The number of rotatable bonds is 8. The van der Waals surface area contributed by atoms with E-state index in [1.54, 1.807) is 41.5 Å². The summed E-state index contributed by atoms with van der Waals surface area (Å²) in [6.45, 7) is 10.0. The van der Waals surface area contributed by atoms with Crippen molar-refractivity contribution in [3.63, 3.8) is 0 Å². The second-order valence-electron chi connectivity index (χ2n) is 7.47. The van der Waals surface area contributed by atoms with Crippen molar-refractivity contribution in [2.24, 2.45) is 10.8 Å². The summed E-state index contributed by atoms with van der Waals surface area (Å²) in [6, 6.07) is -0.932. The molecule has 2 N–H and O–H groups in total. The molecule has 0 heterocycles. The van der Waals surface area contributed by atoms with Gasteiger partial charge in [0, 0.05) is 23.1 Å². The average Bonchev–Trinajstić information content (AvgIpc) is 2.44. The largest absolute Gasteiger partial charge is 0.352 e. The second kappa shape index (κ2) is 9.59. The minimum absolute atomic E-state index is 0.0693. The van der Waals surface area contributed by atoms with Gasteiger partial charge in [-0.3, -0.25) is 14.4 Å². The van der Waals surface area contributed by atoms with Gasteiger partial charge in [0.05, 0.1) is 0 Å². The van der Waals surface area contributed by atoms with E-state index < -0.39 is 27.9 Å². The van der Waals surface area contributed by atoms with E-state index in [-0.39, 0.29) is 29.9 Å². The minimum Gasteiger partial charge on any atom is -0.352 e. The first kappa shape index (κ1) is 23.2. The van der Waals surface area contributed by atoms with Gasteiger partial charge in [0.2, 0.25) is 11.8 Å². The molecule has 0 spiro atoms. The molecule has 0 aromatic heterocycles. The van der Waals surface area contributed by atoms with Crippen molar-refractivity contribution < 1.29 is 24.3 Å². The molecule has 0 fully saturated rings. The van der Waals surface area contributed by atoms with Crippen molar-refractivity contribution in [1.82, 2.24) is 10.6 Å². The summed E-state index contributed by atoms with van der Waals surface area (Å²) in [7, 11) is 0. The number of carbonyl (C=O) groups is 3. The van der Waals surface area contributed by atoms with Crippen LogP contribution in [0.1, 0.15) is 41.5 Å². The maximum Gasteiger partial charge on any atom is 0.294 e. The first-order valence-electron chi connectivity index (χ1n) is 7.78. The fourth-order valence-electron chi connectivity index (χ4n) is 1.35. The zero-order valence-electron chi connectivity index (χ0n) is 15.5. The molecule has 10 heteroatoms. The Kier molecular flexibility index (Phi) is 8.89. The fourth-order valence-corrected chi connectivity index (χ4v) is 2.34. The highest BCUT2D eigenvalue weighted by molar-refractivity contribution is 8.13. The molecule has 0 saturated heterocycles. The van der Waals surface area contributed by atoms with E-state index in [9.17, 15) is 24.5 Å². The normalized spacial score (nSPS) is 12.9. The summed E-state index contributed by atoms with van der Waals surface area (Å²) >= 11 is 0.963. The highest BCUT2D eigenvalue weighted by atomic mass is 32.2. The van der Waals surface area contributed by atoms with Crippen LogP contribution in [0.3, 0.4) is 0 Å². The summed E-state index contributed by atoms with van der Waals surface area (Å²) in [5.41, 5.74) is -1.27. The molecule has 0 rings (SSSR count). The van der Waals surface area contributed by atoms with E-state index in [0.717, 1.165) is 11.8 Å². The molecule has 0 aliphatic heterocycles. The lowest BCUT2D eigenvalue weighted by atomic mass is 9.95. The smallest absolute Gasteiger partial charge is 0.294 e. The molecule has 144 valence electrons. The zero-order valence-corrected chi connectivity index (χ0v) is 16.3. The second-order valence-corrected chi connectivity index (χ2v) is 8.47. The monoisotopic (exact) mass is 377 g/mol. The molecule has 0 aliphatic rings. The predicted octanol–water partition coefficient (Wildman–Crippen LogP) is 1.15. The number of hydrogen-bond acceptors (Lipinski definition) is 7. The Hall–Kier alpha value is -1.84. The van der Waals surface area contributed by atoms with Crippen LogP contribution in [0.2, 0.25) is 0 Å². The van der Waals surface area contributed by atoms with Crippen LogP contribution >= 0.6 is 11.8 Å². The molecule has 9 nitrogen and oxygen atoms in total. The Morgan fingerprint density at radius 2 is 1.68 bits per heavy atom. The molecule has 0 aromatic rings. The highest BCUT2D eigenvalue weighted by Crippen LogP contribution is 2.23. The summed E-state index contributed by atoms with van der Waals surface area (Å²) in [4.78, 5) is 50.6. The lowest BCUT2D eigenvalue weighted by Crippen LogP contribution is -2.51. The fraction of sp³-hybridized carbons (Fsp3) is 0.800. The predicted molar refractivity (Wildman–Crippen MR) is 94.3 cm³/mol. The van der Waals surface area contributed by atoms with Gasteiger partial charge >= 0.3 is 0 Å². The van der Waals surface area contributed by atoms with Gasteiger partial charge in [-0.1, -0.05) is 53.3 Å². The Morgan fingerprint density at radius 1 is 1.12 bits per heavy atom. The van der Waals surface area contributed by atoms with E-state index >= 15 is 0 Å². The van der Waals surface area contributed by atoms with E-state index in [1.807, 2.05) is 0 Å². The first-order valence-corrected chi connectivity index (χ1v) is 8.77. The molecule has 0 radical (unpaired) electrons. The van der Waals surface area contributed by atoms with E-state index in [1.165, 1.54) is 0 Å². The van der Waals surface area contributed by atoms with Crippen molar-refractivity contribution in [2.75, 3.05) is 18.9 Å². The maximum absolute atomic E-state index is 12.2. The third-order valence-corrected chi connectivity index (χ3v) is 4.27. The van der Waals surface area contributed by atoms with Gasteiger partial charge in [-0.15, -0.1) is 10.1 Å². The third kappa shape index (κ3) is 9.90. The molecule has 0 aliphatic carbocycles. The van der Waals surface area contributed by atoms with Gasteiger partial charge < -0.3 is 15.5 Å². The van der Waals surface area contributed by atoms with E-state index in [2.05, 4.69) is 15.5 Å². The summed E-state index contributed by atoms with van der Waals surface area (Å²) in [5, 5.41) is 14.1. The van der Waals surface area contributed by atoms with Crippen LogP contribution < -0.4 is 10.6 Å². The number of thioether (sulfide) groups is 1. The van der Waals surface area contributed by atoms with Gasteiger partial charge in [0.25, 0.3) is 5.09 Å². The molecule has 0 bridgehead atoms. The molecule has 0 aromatic carbocycles. The van der Waals surface area contributed by atoms with Gasteiger partial charge in [0.15, 0.2) is 5.12 Å². The Morgan fingerprint density at radius 3 is 2.12 bits per heavy atom. The third-order valence-electron chi connectivity index (χ3n) is 2.89. The van der Waals surface area contributed by atoms with Crippen LogP contribution in [0, 0.1) is 20.9 Å². The summed E-state index contributed by atoms with van der Waals surface area (Å²) in [5.74, 6) is -0.795. The van der Waals surface area contributed by atoms with Crippen LogP contribution in [0.15, 0.2) is 0 Å². The molecule has 1 atom stereocenters. The average molecular weight is 377 g/mol. The minimum atomic E-state index is -0.955. The van der Waals surface area contributed by atoms with Crippen LogP contribution in [-0.4, -0.2) is 47.0 Å². The van der Waals surface area contributed by atoms with Gasteiger partial charge in [-0.25, -0.2) is 0 Å². The molecular weight excluding hydrogens is 350 g/mol. The Labute approximate surface area is 151 Å². The van der Waals surface area contributed by atoms with Crippen LogP contribution in [0.5, 0.6) is 0 Å². The van der Waals surface area contributed by atoms with Crippen molar-refractivity contribution >= 4 is 28.7 Å². The van der Waals surface area contributed by atoms with Crippen LogP contribution in [0.4, 0.5) is 0 Å². The quantitative estimate of drug-likeness (QED) is 0.369. The standard InChI is InChI=1S/C15H27N3O6S/c1-14(2,3)12(20)17-10(9-25-13(21)15(4,5)6)11(19)16-7-8-24-18(22)23/h10H,7-9H2,1-6H3,(H,16,19)(H,17,20)/t10-/m0/s1. The van der Waals surface area contributed by atoms with Crippen molar-refractivity contribution in [1.29, 1.82) is 0 Å². The van der Waals surface area contributed by atoms with Crippen molar-refractivity contribution in [2.45, 2.75) is 47.6 Å². The zero-order chi connectivity index (χ0) is 19.8. The van der Waals surface area contributed by atoms with Gasteiger partial charge in [-0.05, 0) is 0 Å². The number of hydrogen-bond donors (Lipinski definition) is 2. The molecular formula is C15H27N3O6S. The Bertz CT molecular complexity index is 510. The van der Waals surface area contributed by atoms with Crippen LogP contribution in [-0.2, 0) is 19.2 Å². The van der Waals surface area contributed by atoms with E-state index in [4.69, 9.17) is 0 Å². The maximum atomic E-state index is 12.2. The topological polar surface area (TPSA) is 128 Å². The Balaban J connectivity index is 4.82. The molecule has 25 heavy (non-hydrogen) atoms. The molecule has 2 amide bonds. The van der Waals surface area contributed by atoms with Crippen LogP contribution in [0.25, 0.3) is 0 Å². The lowest BCUT2D eigenvalue weighted by molar-refractivity contribution is -0.757. The summed E-state index contributed by atoms with van der Waals surface area (Å²) < 4.78 is 0. The van der Waals surface area contributed by atoms with Gasteiger partial charge in [0.1, 0.15) is 12.6 Å². The first-order chi connectivity index (χ1) is 11.2. The number of amides is 2. The number of carbonyl (C=O) groups excluding carboxylic acids is 3. The SMILES string of the molecule is CC(C)(C)C(=O)N[C@@H](CSC(=O)C(C)(C)C)C(=O)NCCO[N+](=O)[O-]. The number of nitrogens with one attached hydrogen (secondary N) is 2. The summed E-state index contributed by atoms with van der Waals surface area (Å²) in [6.07, 6.45) is 0. The lowest BCUT2D eigenvalue weighted by Gasteiger charge is -2.24. The molecule has 0 unspecified atom stereocenters. The highest BCUT2D eigenvalue weighted by Gasteiger charge is 2.30. The van der Waals surface area contributed by atoms with Crippen molar-refractivity contribution in [3.05, 3.63) is 10.1 Å². The van der Waals surface area contributed by atoms with Crippen molar-refractivity contribution in [3.8, 4) is 0 Å². The van der Waals surface area contributed by atoms with E-state index in [0.29, 0.717) is 0 Å². The number of nitrogens with zero attached hydrogens (tertiary/aromatic N) is 1. The molecule has 0 saturated carbocycles.